The lowest BCUT2D eigenvalue weighted by Gasteiger charge is -2.29. The summed E-state index contributed by atoms with van der Waals surface area (Å²) in [5.41, 5.74) is 3.01. The summed E-state index contributed by atoms with van der Waals surface area (Å²) in [5, 5.41) is 0. The van der Waals surface area contributed by atoms with E-state index in [-0.39, 0.29) is 11.8 Å². The molecule has 0 saturated carbocycles. The second-order valence-electron chi connectivity index (χ2n) is 14.8. The molecule has 2 aliphatic rings. The van der Waals surface area contributed by atoms with Crippen LogP contribution in [0.15, 0.2) is 43.0 Å². The van der Waals surface area contributed by atoms with Gasteiger partial charge < -0.3 is 9.80 Å². The predicted octanol–water partition coefficient (Wildman–Crippen LogP) is 15.1. The van der Waals surface area contributed by atoms with Gasteiger partial charge in [-0.3, -0.25) is 9.59 Å². The van der Waals surface area contributed by atoms with Gasteiger partial charge >= 0.3 is 0 Å². The Balaban J connectivity index is 1.46. The van der Waals surface area contributed by atoms with Crippen LogP contribution in [-0.2, 0) is 9.59 Å². The molecule has 0 N–H and O–H groups in total. The minimum absolute atomic E-state index is 0.0230. The first-order chi connectivity index (χ1) is 25.3. The molecule has 4 aromatic heterocycles. The van der Waals surface area contributed by atoms with Crippen molar-refractivity contribution in [2.24, 2.45) is 11.8 Å². The number of hydrogen-bond acceptors (Lipinski definition) is 6. The SMILES string of the molecule is CCCCCCC(CCCC)CN1C(=O)C2=C(c3cc4sc(Br)cc4s3)N(CC(CCCC)CCCCCC)C(=O)C2=C1c1cc2sc(Br)cc2s1. The second-order valence-corrected chi connectivity index (χ2v) is 21.9. The largest absolute Gasteiger partial charge is 0.306 e. The standard InChI is InChI=1S/C42H54Br2N2O2S4/c1-5-9-13-15-19-27(17-11-7-3)25-45-39(33-21-29-31(49-33)23-35(43)51-29)37-38(41(45)47)40(34-22-30-32(50-34)24-36(44)52-30)46(42(37)48)26-28(18-12-8-4)20-16-14-10-6-2/h21-24,27-28H,5-20,25-26H2,1-4H3. The van der Waals surface area contributed by atoms with Gasteiger partial charge in [-0.1, -0.05) is 105 Å². The third-order valence-corrected chi connectivity index (χ3v) is 16.4. The van der Waals surface area contributed by atoms with E-state index < -0.39 is 0 Å². The third kappa shape index (κ3) is 9.04. The van der Waals surface area contributed by atoms with Crippen LogP contribution in [0, 0.1) is 11.8 Å². The molecule has 0 aromatic carbocycles. The summed E-state index contributed by atoms with van der Waals surface area (Å²) in [4.78, 5) is 36.6. The van der Waals surface area contributed by atoms with Crippen LogP contribution in [0.2, 0.25) is 0 Å². The topological polar surface area (TPSA) is 40.6 Å². The van der Waals surface area contributed by atoms with Crippen molar-refractivity contribution in [1.82, 2.24) is 9.80 Å². The summed E-state index contributed by atoms with van der Waals surface area (Å²) in [7, 11) is 0. The first kappa shape index (κ1) is 40.4. The number of fused-ring (bicyclic) bond motifs is 3. The molecular formula is C42H54Br2N2O2S4. The molecule has 0 fully saturated rings. The van der Waals surface area contributed by atoms with Crippen LogP contribution in [0.5, 0.6) is 0 Å². The summed E-state index contributed by atoms with van der Waals surface area (Å²) in [6.45, 7) is 10.4. The lowest BCUT2D eigenvalue weighted by atomic mass is 9.94. The molecule has 52 heavy (non-hydrogen) atoms. The fourth-order valence-electron chi connectivity index (χ4n) is 7.98. The summed E-state index contributed by atoms with van der Waals surface area (Å²) >= 11 is 14.3. The number of carbonyl (C=O) groups is 2. The van der Waals surface area contributed by atoms with Crippen molar-refractivity contribution in [3.05, 3.63) is 52.7 Å². The molecule has 2 unspecified atom stereocenters. The average molecular weight is 907 g/mol. The van der Waals surface area contributed by atoms with E-state index in [1.807, 2.05) is 0 Å². The van der Waals surface area contributed by atoms with Crippen molar-refractivity contribution >= 4 is 119 Å². The van der Waals surface area contributed by atoms with Gasteiger partial charge in [-0.2, -0.15) is 0 Å². The molecule has 4 nitrogen and oxygen atoms in total. The second kappa shape index (κ2) is 19.0. The highest BCUT2D eigenvalue weighted by Gasteiger charge is 2.50. The van der Waals surface area contributed by atoms with Crippen molar-refractivity contribution in [3.8, 4) is 0 Å². The van der Waals surface area contributed by atoms with Crippen LogP contribution in [-0.4, -0.2) is 34.7 Å². The zero-order valence-electron chi connectivity index (χ0n) is 31.3. The zero-order chi connectivity index (χ0) is 36.8. The molecular weight excluding hydrogens is 853 g/mol. The fraction of sp³-hybridized carbons (Fsp3) is 0.571. The Hall–Kier alpha value is -1.30. The molecule has 2 atom stereocenters. The van der Waals surface area contributed by atoms with Gasteiger partial charge in [-0.05, 0) is 93.6 Å². The van der Waals surface area contributed by atoms with E-state index in [4.69, 9.17) is 0 Å². The molecule has 282 valence electrons. The van der Waals surface area contributed by atoms with E-state index in [0.29, 0.717) is 36.1 Å². The monoisotopic (exact) mass is 904 g/mol. The lowest BCUT2D eigenvalue weighted by molar-refractivity contribution is -0.124. The first-order valence-electron chi connectivity index (χ1n) is 19.8. The van der Waals surface area contributed by atoms with Gasteiger partial charge in [0.25, 0.3) is 11.8 Å². The minimum atomic E-state index is 0.0230. The minimum Gasteiger partial charge on any atom is -0.306 e. The maximum absolute atomic E-state index is 15.2. The Morgan fingerprint density at radius 1 is 0.500 bits per heavy atom. The van der Waals surface area contributed by atoms with Gasteiger partial charge in [0, 0.05) is 31.9 Å². The Morgan fingerprint density at radius 3 is 1.23 bits per heavy atom. The van der Waals surface area contributed by atoms with Gasteiger partial charge in [0.15, 0.2) is 0 Å². The Labute approximate surface area is 344 Å². The Bertz CT molecular complexity index is 1710. The van der Waals surface area contributed by atoms with Crippen LogP contribution in [0.25, 0.3) is 30.2 Å². The highest BCUT2D eigenvalue weighted by molar-refractivity contribution is 9.11. The lowest BCUT2D eigenvalue weighted by Crippen LogP contribution is -2.34. The normalized spacial score (nSPS) is 16.2. The Morgan fingerprint density at radius 2 is 0.865 bits per heavy atom. The summed E-state index contributed by atoms with van der Waals surface area (Å²) in [5.74, 6) is 0.864. The average Bonchev–Trinajstić information content (AvgIpc) is 3.94. The molecule has 0 spiro atoms. The molecule has 0 aliphatic carbocycles. The first-order valence-corrected chi connectivity index (χ1v) is 24.6. The van der Waals surface area contributed by atoms with Crippen molar-refractivity contribution in [2.75, 3.05) is 13.1 Å². The van der Waals surface area contributed by atoms with Gasteiger partial charge in [-0.25, -0.2) is 0 Å². The highest BCUT2D eigenvalue weighted by Crippen LogP contribution is 2.52. The summed E-state index contributed by atoms with van der Waals surface area (Å²) in [6, 6.07) is 8.82. The van der Waals surface area contributed by atoms with E-state index in [1.54, 1.807) is 45.3 Å². The van der Waals surface area contributed by atoms with E-state index >= 15 is 9.59 Å². The molecule has 2 aliphatic heterocycles. The van der Waals surface area contributed by atoms with E-state index in [2.05, 4.69) is 93.6 Å². The highest BCUT2D eigenvalue weighted by atomic mass is 79.9. The zero-order valence-corrected chi connectivity index (χ0v) is 37.7. The number of nitrogens with zero attached hydrogens (tertiary/aromatic N) is 2. The number of carbonyl (C=O) groups excluding carboxylic acids is 2. The smallest absolute Gasteiger partial charge is 0.261 e. The van der Waals surface area contributed by atoms with Crippen molar-refractivity contribution in [2.45, 2.75) is 130 Å². The number of hydrogen-bond donors (Lipinski definition) is 0. The predicted molar refractivity (Wildman–Crippen MR) is 236 cm³/mol. The summed E-state index contributed by atoms with van der Waals surface area (Å²) < 4.78 is 7.01. The fourth-order valence-corrected chi connectivity index (χ4v) is 14.1. The maximum Gasteiger partial charge on any atom is 0.261 e. The van der Waals surface area contributed by atoms with Crippen molar-refractivity contribution < 1.29 is 9.59 Å². The number of unbranched alkanes of at least 4 members (excludes halogenated alkanes) is 8. The summed E-state index contributed by atoms with van der Waals surface area (Å²) in [6.07, 6.45) is 18.9. The molecule has 0 saturated heterocycles. The molecule has 0 bridgehead atoms. The number of halogens is 2. The van der Waals surface area contributed by atoms with Crippen molar-refractivity contribution in [3.63, 3.8) is 0 Å². The van der Waals surface area contributed by atoms with Crippen LogP contribution in [0.1, 0.15) is 140 Å². The molecule has 6 heterocycles. The van der Waals surface area contributed by atoms with Crippen LogP contribution < -0.4 is 0 Å². The van der Waals surface area contributed by atoms with Gasteiger partial charge in [0.1, 0.15) is 0 Å². The molecule has 6 rings (SSSR count). The quantitative estimate of drug-likeness (QED) is 0.0737. The maximum atomic E-state index is 15.2. The molecule has 2 amide bonds. The third-order valence-electron chi connectivity index (χ3n) is 10.7. The van der Waals surface area contributed by atoms with Gasteiger partial charge in [0.05, 0.1) is 39.9 Å². The van der Waals surface area contributed by atoms with E-state index in [0.717, 1.165) is 80.1 Å². The number of thiophene rings is 4. The molecule has 0 radical (unpaired) electrons. The van der Waals surface area contributed by atoms with Crippen LogP contribution in [0.4, 0.5) is 0 Å². The number of rotatable bonds is 22. The van der Waals surface area contributed by atoms with Crippen LogP contribution >= 0.6 is 77.2 Å². The van der Waals surface area contributed by atoms with Crippen LogP contribution in [0.3, 0.4) is 0 Å². The van der Waals surface area contributed by atoms with E-state index in [1.165, 1.54) is 70.2 Å². The van der Waals surface area contributed by atoms with Crippen molar-refractivity contribution in [1.29, 1.82) is 0 Å². The molecule has 4 aromatic rings. The number of amides is 2. The molecule has 10 heteroatoms. The Kier molecular flexibility index (Phi) is 14.8. The van der Waals surface area contributed by atoms with E-state index in [9.17, 15) is 0 Å². The van der Waals surface area contributed by atoms with Gasteiger partial charge in [-0.15, -0.1) is 45.3 Å². The van der Waals surface area contributed by atoms with Gasteiger partial charge in [0.2, 0.25) is 0 Å².